The van der Waals surface area contributed by atoms with Gasteiger partial charge in [-0.2, -0.15) is 0 Å². The molecule has 7 nitrogen and oxygen atoms in total. The first-order valence-corrected chi connectivity index (χ1v) is 8.65. The molecule has 0 saturated heterocycles. The largest absolute Gasteiger partial charge is 0.465 e. The number of hydrogen-bond acceptors (Lipinski definition) is 6. The number of amides is 1. The average Bonchev–Trinajstić information content (AvgIpc) is 2.74. The Hall–Kier alpha value is -3.74. The molecule has 142 valence electrons. The van der Waals surface area contributed by atoms with Gasteiger partial charge in [0.1, 0.15) is 0 Å². The number of esters is 1. The van der Waals surface area contributed by atoms with Crippen molar-refractivity contribution in [2.45, 2.75) is 6.54 Å². The third-order valence-corrected chi connectivity index (χ3v) is 4.07. The van der Waals surface area contributed by atoms with Crippen molar-refractivity contribution < 1.29 is 14.3 Å². The van der Waals surface area contributed by atoms with Gasteiger partial charge in [-0.1, -0.05) is 30.3 Å². The molecule has 0 fully saturated rings. The van der Waals surface area contributed by atoms with E-state index in [2.05, 4.69) is 20.3 Å². The van der Waals surface area contributed by atoms with Crippen LogP contribution in [0, 0.1) is 0 Å². The molecule has 1 amide bonds. The minimum absolute atomic E-state index is 0.203. The van der Waals surface area contributed by atoms with Crippen molar-refractivity contribution in [2.75, 3.05) is 19.5 Å². The molecule has 3 rings (SSSR count). The number of ether oxygens (including phenoxy) is 1. The van der Waals surface area contributed by atoms with E-state index in [1.807, 2.05) is 30.3 Å². The molecular weight excluding hydrogens is 356 g/mol. The van der Waals surface area contributed by atoms with Crippen LogP contribution in [0.1, 0.15) is 26.4 Å². The van der Waals surface area contributed by atoms with Crippen molar-refractivity contribution in [3.63, 3.8) is 0 Å². The van der Waals surface area contributed by atoms with E-state index in [1.165, 1.54) is 7.11 Å². The van der Waals surface area contributed by atoms with Gasteiger partial charge in [-0.3, -0.25) is 4.79 Å². The Morgan fingerprint density at radius 2 is 1.68 bits per heavy atom. The minimum atomic E-state index is -0.395. The van der Waals surface area contributed by atoms with Crippen molar-refractivity contribution in [1.82, 2.24) is 15.1 Å². The highest BCUT2D eigenvalue weighted by atomic mass is 16.5. The quantitative estimate of drug-likeness (QED) is 0.665. The minimum Gasteiger partial charge on any atom is -0.465 e. The zero-order valence-electron chi connectivity index (χ0n) is 15.6. The summed E-state index contributed by atoms with van der Waals surface area (Å²) < 4.78 is 4.67. The Kier molecular flexibility index (Phi) is 5.96. The lowest BCUT2D eigenvalue weighted by atomic mass is 10.2. The van der Waals surface area contributed by atoms with Gasteiger partial charge in [0.25, 0.3) is 5.91 Å². The van der Waals surface area contributed by atoms with E-state index in [0.717, 1.165) is 11.3 Å². The summed E-state index contributed by atoms with van der Waals surface area (Å²) >= 11 is 0. The first kappa shape index (κ1) is 19.0. The van der Waals surface area contributed by atoms with Crippen molar-refractivity contribution in [1.29, 1.82) is 0 Å². The molecule has 0 atom stereocenters. The molecule has 7 heteroatoms. The standard InChI is InChI=1S/C21H20N4O3/c1-25(14-15-6-4-3-5-7-15)20(26)18-12-13-19(24-23-18)22-17-10-8-16(9-11-17)21(27)28-2/h3-13H,14H2,1-2H3,(H,22,24). The summed E-state index contributed by atoms with van der Waals surface area (Å²) in [6, 6.07) is 19.8. The molecule has 0 unspecified atom stereocenters. The number of aromatic nitrogens is 2. The number of carbonyl (C=O) groups is 2. The topological polar surface area (TPSA) is 84.4 Å². The number of anilines is 2. The van der Waals surface area contributed by atoms with E-state index in [-0.39, 0.29) is 11.6 Å². The Morgan fingerprint density at radius 1 is 0.964 bits per heavy atom. The third-order valence-electron chi connectivity index (χ3n) is 4.07. The fraction of sp³-hybridized carbons (Fsp3) is 0.143. The second-order valence-electron chi connectivity index (χ2n) is 6.14. The molecular formula is C21H20N4O3. The lowest BCUT2D eigenvalue weighted by Crippen LogP contribution is -2.27. The van der Waals surface area contributed by atoms with Crippen LogP contribution in [0.5, 0.6) is 0 Å². The van der Waals surface area contributed by atoms with Gasteiger partial charge in [0.05, 0.1) is 12.7 Å². The van der Waals surface area contributed by atoms with Gasteiger partial charge in [-0.15, -0.1) is 10.2 Å². The number of rotatable bonds is 6. The van der Waals surface area contributed by atoms with Crippen LogP contribution in [0.25, 0.3) is 0 Å². The van der Waals surface area contributed by atoms with Gasteiger partial charge in [0.2, 0.25) is 0 Å². The van der Waals surface area contributed by atoms with E-state index in [4.69, 9.17) is 0 Å². The number of benzene rings is 2. The Balaban J connectivity index is 1.62. The van der Waals surface area contributed by atoms with Crippen LogP contribution in [0.2, 0.25) is 0 Å². The molecule has 0 radical (unpaired) electrons. The maximum atomic E-state index is 12.5. The van der Waals surface area contributed by atoms with Crippen LogP contribution < -0.4 is 5.32 Å². The number of nitrogens with zero attached hydrogens (tertiary/aromatic N) is 3. The summed E-state index contributed by atoms with van der Waals surface area (Å²) in [5.41, 5.74) is 2.51. The van der Waals surface area contributed by atoms with Crippen LogP contribution in [-0.2, 0) is 11.3 Å². The lowest BCUT2D eigenvalue weighted by molar-refractivity contribution is 0.0600. The van der Waals surface area contributed by atoms with Gasteiger partial charge in [-0.25, -0.2) is 4.79 Å². The summed E-state index contributed by atoms with van der Waals surface area (Å²) in [6.07, 6.45) is 0. The van der Waals surface area contributed by atoms with Gasteiger partial charge in [0, 0.05) is 19.3 Å². The van der Waals surface area contributed by atoms with Crippen molar-refractivity contribution in [3.8, 4) is 0 Å². The Labute approximate surface area is 163 Å². The van der Waals surface area contributed by atoms with Crippen LogP contribution in [0.15, 0.2) is 66.7 Å². The van der Waals surface area contributed by atoms with E-state index >= 15 is 0 Å². The van der Waals surface area contributed by atoms with E-state index in [9.17, 15) is 9.59 Å². The van der Waals surface area contributed by atoms with E-state index < -0.39 is 5.97 Å². The SMILES string of the molecule is COC(=O)c1ccc(Nc2ccc(C(=O)N(C)Cc3ccccc3)nn2)cc1. The summed E-state index contributed by atoms with van der Waals surface area (Å²) in [4.78, 5) is 25.6. The molecule has 0 aliphatic heterocycles. The molecule has 2 aromatic carbocycles. The van der Waals surface area contributed by atoms with Crippen LogP contribution in [-0.4, -0.2) is 41.1 Å². The zero-order valence-corrected chi connectivity index (χ0v) is 15.6. The average molecular weight is 376 g/mol. The predicted octanol–water partition coefficient (Wildman–Crippen LogP) is 3.28. The molecule has 3 aromatic rings. The fourth-order valence-electron chi connectivity index (χ4n) is 2.59. The first-order chi connectivity index (χ1) is 13.6. The smallest absolute Gasteiger partial charge is 0.337 e. The maximum absolute atomic E-state index is 12.5. The van der Waals surface area contributed by atoms with E-state index in [1.54, 1.807) is 48.3 Å². The highest BCUT2D eigenvalue weighted by Gasteiger charge is 2.14. The van der Waals surface area contributed by atoms with E-state index in [0.29, 0.717) is 17.9 Å². The van der Waals surface area contributed by atoms with Crippen LogP contribution in [0.4, 0.5) is 11.5 Å². The molecule has 0 bridgehead atoms. The number of nitrogens with one attached hydrogen (secondary N) is 1. The molecule has 1 N–H and O–H groups in total. The molecule has 0 aliphatic rings. The lowest BCUT2D eigenvalue weighted by Gasteiger charge is -2.16. The first-order valence-electron chi connectivity index (χ1n) is 8.65. The fourth-order valence-corrected chi connectivity index (χ4v) is 2.59. The normalized spacial score (nSPS) is 10.2. The molecule has 1 aromatic heterocycles. The molecule has 0 saturated carbocycles. The van der Waals surface area contributed by atoms with Crippen molar-refractivity contribution in [2.24, 2.45) is 0 Å². The predicted molar refractivity (Wildman–Crippen MR) is 105 cm³/mol. The van der Waals surface area contributed by atoms with Gasteiger partial charge < -0.3 is 15.0 Å². The molecule has 0 aliphatic carbocycles. The Morgan fingerprint density at radius 3 is 2.29 bits per heavy atom. The summed E-state index contributed by atoms with van der Waals surface area (Å²) in [5, 5.41) is 11.1. The number of methoxy groups -OCH3 is 1. The van der Waals surface area contributed by atoms with Crippen LogP contribution in [0.3, 0.4) is 0 Å². The zero-order chi connectivity index (χ0) is 19.9. The van der Waals surface area contributed by atoms with Gasteiger partial charge >= 0.3 is 5.97 Å². The van der Waals surface area contributed by atoms with Crippen molar-refractivity contribution >= 4 is 23.4 Å². The number of hydrogen-bond donors (Lipinski definition) is 1. The summed E-state index contributed by atoms with van der Waals surface area (Å²) in [6.45, 7) is 0.494. The molecule has 28 heavy (non-hydrogen) atoms. The van der Waals surface area contributed by atoms with Crippen molar-refractivity contribution in [3.05, 3.63) is 83.6 Å². The highest BCUT2D eigenvalue weighted by molar-refractivity contribution is 5.92. The van der Waals surface area contributed by atoms with Crippen LogP contribution >= 0.6 is 0 Å². The monoisotopic (exact) mass is 376 g/mol. The molecule has 0 spiro atoms. The van der Waals surface area contributed by atoms with Gasteiger partial charge in [0.15, 0.2) is 11.5 Å². The number of carbonyl (C=O) groups excluding carboxylic acids is 2. The Bertz CT molecular complexity index is 942. The summed E-state index contributed by atoms with van der Waals surface area (Å²) in [7, 11) is 3.07. The summed E-state index contributed by atoms with van der Waals surface area (Å²) in [5.74, 6) is -0.104. The second kappa shape index (κ2) is 8.77. The highest BCUT2D eigenvalue weighted by Crippen LogP contribution is 2.16. The molecule has 1 heterocycles. The third kappa shape index (κ3) is 4.70. The maximum Gasteiger partial charge on any atom is 0.337 e. The second-order valence-corrected chi connectivity index (χ2v) is 6.14. The van der Waals surface area contributed by atoms with Gasteiger partial charge in [-0.05, 0) is 42.0 Å².